The van der Waals surface area contributed by atoms with E-state index in [1.54, 1.807) is 24.3 Å². The van der Waals surface area contributed by atoms with Crippen LogP contribution >= 0.6 is 0 Å². The number of carbonyl (C=O) groups excluding carboxylic acids is 1. The van der Waals surface area contributed by atoms with E-state index in [2.05, 4.69) is 15.6 Å². The van der Waals surface area contributed by atoms with E-state index in [1.165, 1.54) is 16.8 Å². The number of rotatable bonds is 6. The zero-order valence-electron chi connectivity index (χ0n) is 18.1. The van der Waals surface area contributed by atoms with Gasteiger partial charge in [0, 0.05) is 5.39 Å². The van der Waals surface area contributed by atoms with E-state index in [0.717, 1.165) is 11.8 Å². The highest BCUT2D eigenvalue weighted by Gasteiger charge is 2.23. The lowest BCUT2D eigenvalue weighted by Crippen LogP contribution is -2.29. The van der Waals surface area contributed by atoms with Gasteiger partial charge in [0.2, 0.25) is 6.79 Å². The molecule has 174 valence electrons. The largest absolute Gasteiger partial charge is 0.454 e. The van der Waals surface area contributed by atoms with Gasteiger partial charge in [0.25, 0.3) is 17.2 Å². The van der Waals surface area contributed by atoms with Crippen molar-refractivity contribution in [2.75, 3.05) is 6.79 Å². The molecule has 0 saturated heterocycles. The van der Waals surface area contributed by atoms with Gasteiger partial charge in [-0.1, -0.05) is 48.5 Å². The summed E-state index contributed by atoms with van der Waals surface area (Å²) in [5, 5.41) is 20.3. The van der Waals surface area contributed by atoms with Crippen LogP contribution in [0.4, 0.5) is 5.69 Å². The molecule has 0 atom stereocenters. The molecule has 3 aromatic carbocycles. The van der Waals surface area contributed by atoms with Crippen LogP contribution in [0.1, 0.15) is 21.6 Å². The van der Waals surface area contributed by atoms with Gasteiger partial charge in [-0.15, -0.1) is 0 Å². The number of fused-ring (bicyclic) bond motifs is 2. The Bertz CT molecular complexity index is 1550. The summed E-state index contributed by atoms with van der Waals surface area (Å²) in [4.78, 5) is 36.8. The quantitative estimate of drug-likeness (QED) is 0.259. The van der Waals surface area contributed by atoms with Gasteiger partial charge in [-0.25, -0.2) is 10.1 Å². The molecule has 0 saturated carbocycles. The lowest BCUT2D eigenvalue weighted by Gasteiger charge is -2.10. The smallest absolute Gasteiger partial charge is 0.292 e. The average molecular weight is 471 g/mol. The molecule has 0 fully saturated rings. The van der Waals surface area contributed by atoms with Crippen LogP contribution in [0.15, 0.2) is 76.6 Å². The summed E-state index contributed by atoms with van der Waals surface area (Å²) >= 11 is 0. The van der Waals surface area contributed by atoms with E-state index in [9.17, 15) is 19.7 Å². The Morgan fingerprint density at radius 3 is 2.51 bits per heavy atom. The summed E-state index contributed by atoms with van der Waals surface area (Å²) in [6.07, 6.45) is 1.14. The van der Waals surface area contributed by atoms with Crippen LogP contribution in [0.2, 0.25) is 0 Å². The molecule has 1 amide bonds. The van der Waals surface area contributed by atoms with Gasteiger partial charge in [0.15, 0.2) is 17.2 Å². The second-order valence-corrected chi connectivity index (χ2v) is 7.56. The third kappa shape index (κ3) is 4.29. The van der Waals surface area contributed by atoms with Gasteiger partial charge in [0.1, 0.15) is 0 Å². The molecule has 1 aliphatic rings. The minimum atomic E-state index is -0.678. The zero-order chi connectivity index (χ0) is 24.4. The molecule has 11 heteroatoms. The van der Waals surface area contributed by atoms with Crippen molar-refractivity contribution in [3.8, 4) is 11.5 Å². The predicted octanol–water partition coefficient (Wildman–Crippen LogP) is 2.85. The Morgan fingerprint density at radius 1 is 1.09 bits per heavy atom. The minimum Gasteiger partial charge on any atom is -0.454 e. The van der Waals surface area contributed by atoms with Crippen LogP contribution in [0.25, 0.3) is 10.8 Å². The number of carbonyl (C=O) groups is 1. The van der Waals surface area contributed by atoms with Gasteiger partial charge in [-0.2, -0.15) is 10.2 Å². The van der Waals surface area contributed by atoms with Crippen LogP contribution in [0.3, 0.4) is 0 Å². The molecule has 11 nitrogen and oxygen atoms in total. The van der Waals surface area contributed by atoms with Gasteiger partial charge in [-0.05, 0) is 17.7 Å². The summed E-state index contributed by atoms with van der Waals surface area (Å²) < 4.78 is 11.6. The molecule has 0 unspecified atom stereocenters. The molecule has 0 radical (unpaired) electrons. The number of nitrogens with one attached hydrogen (secondary N) is 1. The lowest BCUT2D eigenvalue weighted by atomic mass is 10.1. The fourth-order valence-electron chi connectivity index (χ4n) is 3.69. The van der Waals surface area contributed by atoms with Crippen LogP contribution in [-0.2, 0) is 6.54 Å². The second-order valence-electron chi connectivity index (χ2n) is 7.56. The van der Waals surface area contributed by atoms with Crippen molar-refractivity contribution in [3.05, 3.63) is 104 Å². The highest BCUT2D eigenvalue weighted by Crippen LogP contribution is 2.37. The Morgan fingerprint density at radius 2 is 1.77 bits per heavy atom. The maximum atomic E-state index is 13.0. The fraction of sp³-hybridized carbons (Fsp3) is 0.0833. The molecular weight excluding hydrogens is 454 g/mol. The summed E-state index contributed by atoms with van der Waals surface area (Å²) in [6.45, 7) is 0.138. The maximum absolute atomic E-state index is 13.0. The van der Waals surface area contributed by atoms with E-state index in [1.807, 2.05) is 30.3 Å². The topological polar surface area (TPSA) is 138 Å². The van der Waals surface area contributed by atoms with Crippen molar-refractivity contribution in [2.45, 2.75) is 6.54 Å². The van der Waals surface area contributed by atoms with E-state index < -0.39 is 10.8 Å². The SMILES string of the molecule is O=C(N/N=C/c1cc2c(cc1[N+](=O)[O-])OCO2)c1nn(Cc2ccccc2)c(=O)c2ccccc12. The zero-order valence-corrected chi connectivity index (χ0v) is 18.1. The molecule has 0 aliphatic carbocycles. The highest BCUT2D eigenvalue weighted by atomic mass is 16.7. The van der Waals surface area contributed by atoms with Gasteiger partial charge >= 0.3 is 0 Å². The van der Waals surface area contributed by atoms with Crippen LogP contribution in [0, 0.1) is 10.1 Å². The first-order valence-electron chi connectivity index (χ1n) is 10.5. The summed E-state index contributed by atoms with van der Waals surface area (Å²) in [6, 6.07) is 18.5. The number of ether oxygens (including phenoxy) is 2. The monoisotopic (exact) mass is 471 g/mol. The van der Waals surface area contributed by atoms with Crippen molar-refractivity contribution < 1.29 is 19.2 Å². The van der Waals surface area contributed by atoms with E-state index in [-0.39, 0.29) is 41.6 Å². The lowest BCUT2D eigenvalue weighted by molar-refractivity contribution is -0.385. The number of hydrogen-bond acceptors (Lipinski definition) is 8. The van der Waals surface area contributed by atoms with Crippen molar-refractivity contribution in [2.24, 2.45) is 5.10 Å². The van der Waals surface area contributed by atoms with Crippen LogP contribution in [0.5, 0.6) is 11.5 Å². The number of hydrogen-bond donors (Lipinski definition) is 1. The van der Waals surface area contributed by atoms with E-state index in [4.69, 9.17) is 9.47 Å². The number of nitro benzene ring substituents is 1. The normalized spacial score (nSPS) is 12.2. The molecule has 5 rings (SSSR count). The van der Waals surface area contributed by atoms with Crippen molar-refractivity contribution >= 4 is 28.6 Å². The number of nitrogens with zero attached hydrogens (tertiary/aromatic N) is 4. The Kier molecular flexibility index (Phi) is 5.63. The molecule has 0 bridgehead atoms. The summed E-state index contributed by atoms with van der Waals surface area (Å²) in [5.41, 5.74) is 2.71. The maximum Gasteiger partial charge on any atom is 0.292 e. The van der Waals surface area contributed by atoms with E-state index >= 15 is 0 Å². The molecule has 2 heterocycles. The molecule has 0 spiro atoms. The van der Waals surface area contributed by atoms with Gasteiger partial charge in [-0.3, -0.25) is 19.7 Å². The third-order valence-corrected chi connectivity index (χ3v) is 5.35. The first kappa shape index (κ1) is 21.8. The van der Waals surface area contributed by atoms with Crippen LogP contribution in [-0.4, -0.2) is 33.6 Å². The number of amides is 1. The number of hydrazone groups is 1. The first-order valence-corrected chi connectivity index (χ1v) is 10.5. The first-order chi connectivity index (χ1) is 17.0. The fourth-order valence-corrected chi connectivity index (χ4v) is 3.69. The summed E-state index contributed by atoms with van der Waals surface area (Å²) in [5.74, 6) is -0.0825. The van der Waals surface area contributed by atoms with Crippen molar-refractivity contribution in [3.63, 3.8) is 0 Å². The second kappa shape index (κ2) is 9.06. The predicted molar refractivity (Wildman–Crippen MR) is 126 cm³/mol. The third-order valence-electron chi connectivity index (χ3n) is 5.35. The standard InChI is InChI=1S/C24H17N5O6/c30-23(26-25-12-16-10-20-21(35-14-34-20)11-19(16)29(32)33)22-17-8-4-5-9-18(17)24(31)28(27-22)13-15-6-2-1-3-7-15/h1-12H,13-14H2,(H,26,30)/b25-12+. The molecule has 4 aromatic rings. The average Bonchev–Trinajstić information content (AvgIpc) is 3.33. The molecular formula is C24H17N5O6. The number of aromatic nitrogens is 2. The van der Waals surface area contributed by atoms with E-state index in [0.29, 0.717) is 16.5 Å². The van der Waals surface area contributed by atoms with Crippen molar-refractivity contribution in [1.29, 1.82) is 0 Å². The van der Waals surface area contributed by atoms with Gasteiger partial charge < -0.3 is 9.47 Å². The van der Waals surface area contributed by atoms with Gasteiger partial charge in [0.05, 0.1) is 34.7 Å². The number of benzene rings is 3. The Balaban J connectivity index is 1.46. The molecule has 1 aromatic heterocycles. The molecule has 1 aliphatic heterocycles. The minimum absolute atomic E-state index is 0.00605. The van der Waals surface area contributed by atoms with Crippen LogP contribution < -0.4 is 20.5 Å². The Labute approximate surface area is 197 Å². The highest BCUT2D eigenvalue weighted by molar-refractivity contribution is 6.05. The number of nitro groups is 1. The Hall–Kier alpha value is -5.06. The molecule has 35 heavy (non-hydrogen) atoms. The van der Waals surface area contributed by atoms with Crippen molar-refractivity contribution in [1.82, 2.24) is 15.2 Å². The molecule has 1 N–H and O–H groups in total. The summed E-state index contributed by atoms with van der Waals surface area (Å²) in [7, 11) is 0.